The number of hydrogen-bond acceptors (Lipinski definition) is 17. The molecule has 4 N–H and O–H groups in total. The highest BCUT2D eigenvalue weighted by atomic mass is 16.6. The van der Waals surface area contributed by atoms with Crippen LogP contribution in [0.25, 0.3) is 0 Å². The zero-order valence-electron chi connectivity index (χ0n) is 47.5. The fourth-order valence-electron chi connectivity index (χ4n) is 11.8. The molecule has 19 nitrogen and oxygen atoms in total. The number of aliphatic hydroxyl groups excluding tert-OH is 3. The number of hydrogen-bond donors (Lipinski definition) is 4. The van der Waals surface area contributed by atoms with E-state index in [1.54, 1.807) is 41.1 Å². The zero-order chi connectivity index (χ0) is 56.6. The third-order valence-corrected chi connectivity index (χ3v) is 16.6. The van der Waals surface area contributed by atoms with Crippen LogP contribution < -0.4 is 0 Å². The molecule has 4 aliphatic rings. The molecular formula is C58H91N5O14. The number of esters is 1. The Morgan fingerprint density at radius 2 is 1.61 bits per heavy atom. The number of rotatable bonds is 13. The number of allylic oxidation sites excluding steroid dienone is 6. The molecule has 1 aromatic heterocycles. The minimum absolute atomic E-state index is 0.00619. The minimum Gasteiger partial charge on any atom is -0.460 e. The van der Waals surface area contributed by atoms with Gasteiger partial charge in [-0.25, -0.2) is 9.48 Å². The molecule has 1 saturated carbocycles. The van der Waals surface area contributed by atoms with Gasteiger partial charge in [-0.1, -0.05) is 76.3 Å². The Hall–Kier alpha value is -4.31. The molecule has 2 bridgehead atoms. The number of ketones is 3. The Bertz CT molecular complexity index is 2220. The maximum absolute atomic E-state index is 14.6. The second-order valence-corrected chi connectivity index (χ2v) is 22.5. The highest BCUT2D eigenvalue weighted by Crippen LogP contribution is 2.40. The van der Waals surface area contributed by atoms with E-state index in [4.69, 9.17) is 23.7 Å². The number of piperidine rings is 1. The Balaban J connectivity index is 1.44. The van der Waals surface area contributed by atoms with Gasteiger partial charge in [-0.3, -0.25) is 24.1 Å². The van der Waals surface area contributed by atoms with Crippen molar-refractivity contribution >= 4 is 29.2 Å². The van der Waals surface area contributed by atoms with E-state index in [1.165, 1.54) is 12.0 Å². The van der Waals surface area contributed by atoms with Gasteiger partial charge in [-0.05, 0) is 107 Å². The van der Waals surface area contributed by atoms with Crippen LogP contribution in [0.2, 0.25) is 0 Å². The zero-order valence-corrected chi connectivity index (χ0v) is 47.5. The largest absolute Gasteiger partial charge is 0.460 e. The first-order valence-electron chi connectivity index (χ1n) is 28.0. The van der Waals surface area contributed by atoms with Crippen LogP contribution in [0.1, 0.15) is 137 Å². The molecule has 4 heterocycles. The van der Waals surface area contributed by atoms with Crippen molar-refractivity contribution in [1.29, 1.82) is 0 Å². The Labute approximate surface area is 456 Å². The Morgan fingerprint density at radius 3 is 2.29 bits per heavy atom. The highest BCUT2D eigenvalue weighted by Gasteiger charge is 2.53. The molecular weight excluding hydrogens is 991 g/mol. The van der Waals surface area contributed by atoms with Gasteiger partial charge in [0.25, 0.3) is 11.7 Å². The SMILES string of the molecule is CO[C@H]1C[C@@H]2CC[C@@H](C)[C@@](O)(O2)C(=O)C(=O)N2CCCC[C@H]2C(=O)O[C@H]([C@H](C)C[C@@H]2CC[C@H](n3cc(CN(CCO)CCO)nn3)[C@H](OC)C2)CC(=O)/C(C)=C/C(C)[C@@H](O)[C@@H](OC)C(=O)[C@H](C)C[C@H](C)C=CC=CC=C1C. The van der Waals surface area contributed by atoms with Crippen molar-refractivity contribution in [3.8, 4) is 0 Å². The van der Waals surface area contributed by atoms with Crippen LogP contribution >= 0.6 is 0 Å². The lowest BCUT2D eigenvalue weighted by Crippen LogP contribution is -2.61. The van der Waals surface area contributed by atoms with Crippen LogP contribution in [0.4, 0.5) is 0 Å². The van der Waals surface area contributed by atoms with Crippen molar-refractivity contribution < 1.29 is 68.1 Å². The van der Waals surface area contributed by atoms with Crippen LogP contribution in [0.15, 0.2) is 53.8 Å². The first kappa shape index (κ1) is 63.5. The fourth-order valence-corrected chi connectivity index (χ4v) is 11.8. The van der Waals surface area contributed by atoms with Crippen LogP contribution in [-0.4, -0.2) is 177 Å². The molecule has 0 radical (unpaired) electrons. The van der Waals surface area contributed by atoms with E-state index in [-0.39, 0.29) is 74.1 Å². The number of aromatic nitrogens is 3. The van der Waals surface area contributed by atoms with Gasteiger partial charge in [0, 0.05) is 78.1 Å². The summed E-state index contributed by atoms with van der Waals surface area (Å²) in [4.78, 5) is 74.7. The first-order valence-corrected chi connectivity index (χ1v) is 28.0. The maximum Gasteiger partial charge on any atom is 0.329 e. The molecule has 1 aromatic rings. The second kappa shape index (κ2) is 30.3. The van der Waals surface area contributed by atoms with Crippen molar-refractivity contribution in [2.75, 3.05) is 54.2 Å². The molecule has 15 atom stereocenters. The Kier molecular flexibility index (Phi) is 25.0. The molecule has 0 aromatic carbocycles. The standard InChI is InChI=1S/C58H91N5O14/c1-36-16-12-11-13-17-37(2)49(73-8)32-45-21-19-42(7)58(72,77-45)55(69)56(70)62-23-15-14-18-47(62)57(71)76-50(33-48(66)38(3)29-41(6)53(68)54(75-10)52(67)40(5)28-36)39(4)30-43-20-22-46(51(31-43)74-9)63-35-44(59-60-63)34-61(24-26-64)25-27-65/h11-13,16-17,29,35-36,39-43,45-47,49-51,53-54,64-65,68,72H,14-15,18-28,30-34H2,1-10H3/b13-11?,16-12?,37-17?,38-29+/t36-,39-,40-,41?,42-,43+,45+,46+,47+,49+,50+,51-,53-,54+,58-/m1/s1. The predicted octanol–water partition coefficient (Wildman–Crippen LogP) is 5.44. The molecule has 1 aliphatic carbocycles. The average Bonchev–Trinajstić information content (AvgIpc) is 3.88. The lowest BCUT2D eigenvalue weighted by molar-refractivity contribution is -0.265. The third-order valence-electron chi connectivity index (χ3n) is 16.6. The number of cyclic esters (lactones) is 1. The number of carbonyl (C=O) groups is 5. The molecule has 3 fully saturated rings. The molecule has 1 unspecified atom stereocenters. The number of aliphatic hydroxyl groups is 4. The number of nitrogens with zero attached hydrogens (tertiary/aromatic N) is 5. The Morgan fingerprint density at radius 1 is 0.883 bits per heavy atom. The molecule has 5 rings (SSSR count). The van der Waals surface area contributed by atoms with Crippen molar-refractivity contribution in [3.63, 3.8) is 0 Å². The summed E-state index contributed by atoms with van der Waals surface area (Å²) in [6, 6.07) is -1.29. The van der Waals surface area contributed by atoms with Gasteiger partial charge < -0.3 is 49.0 Å². The summed E-state index contributed by atoms with van der Waals surface area (Å²) in [5.41, 5.74) is 1.87. The van der Waals surface area contributed by atoms with Gasteiger partial charge in [-0.2, -0.15) is 0 Å². The molecule has 77 heavy (non-hydrogen) atoms. The summed E-state index contributed by atoms with van der Waals surface area (Å²) in [5, 5.41) is 51.5. The summed E-state index contributed by atoms with van der Waals surface area (Å²) in [6.45, 7) is 13.8. The van der Waals surface area contributed by atoms with Gasteiger partial charge >= 0.3 is 5.97 Å². The van der Waals surface area contributed by atoms with E-state index >= 15 is 0 Å². The van der Waals surface area contributed by atoms with Gasteiger partial charge in [0.1, 0.15) is 18.2 Å². The number of methoxy groups -OCH3 is 3. The normalized spacial score (nSPS) is 34.6. The predicted molar refractivity (Wildman–Crippen MR) is 288 cm³/mol. The van der Waals surface area contributed by atoms with Crippen LogP contribution in [-0.2, 0) is 54.2 Å². The van der Waals surface area contributed by atoms with Crippen LogP contribution in [0.3, 0.4) is 0 Å². The molecule has 1 amide bonds. The lowest BCUT2D eigenvalue weighted by atomic mass is 9.77. The average molecular weight is 1080 g/mol. The number of Topliss-reactive ketones (excluding diaryl/α,β-unsaturated/α-hetero) is 3. The quantitative estimate of drug-likeness (QED) is 0.142. The van der Waals surface area contributed by atoms with E-state index in [0.717, 1.165) is 12.0 Å². The van der Waals surface area contributed by atoms with Crippen LogP contribution in [0.5, 0.6) is 0 Å². The minimum atomic E-state index is -2.45. The maximum atomic E-state index is 14.6. The summed E-state index contributed by atoms with van der Waals surface area (Å²) < 4.78 is 31.9. The monoisotopic (exact) mass is 1080 g/mol. The highest BCUT2D eigenvalue weighted by molar-refractivity contribution is 6.39. The number of carbonyl (C=O) groups excluding carboxylic acids is 5. The smallest absolute Gasteiger partial charge is 0.329 e. The van der Waals surface area contributed by atoms with Crippen molar-refractivity contribution in [2.24, 2.45) is 35.5 Å². The summed E-state index contributed by atoms with van der Waals surface area (Å²) in [5.74, 6) is -8.16. The number of fused-ring (bicyclic) bond motifs is 3. The van der Waals surface area contributed by atoms with Crippen molar-refractivity contribution in [2.45, 2.75) is 187 Å². The number of amides is 1. The van der Waals surface area contributed by atoms with E-state index in [2.05, 4.69) is 10.3 Å². The molecule has 0 spiro atoms. The van der Waals surface area contributed by atoms with Gasteiger partial charge in [0.15, 0.2) is 11.6 Å². The molecule has 432 valence electrons. The molecule has 2 saturated heterocycles. The van der Waals surface area contributed by atoms with E-state index in [9.17, 15) is 44.4 Å². The topological polar surface area (TPSA) is 250 Å². The van der Waals surface area contributed by atoms with Gasteiger partial charge in [0.05, 0.1) is 55.6 Å². The fraction of sp³-hybridized carbons (Fsp3) is 0.741. The first-order chi connectivity index (χ1) is 36.7. The lowest BCUT2D eigenvalue weighted by Gasteiger charge is -2.42. The summed E-state index contributed by atoms with van der Waals surface area (Å²) in [7, 11) is 4.61. The second-order valence-electron chi connectivity index (χ2n) is 22.5. The third kappa shape index (κ3) is 17.1. The van der Waals surface area contributed by atoms with Crippen LogP contribution in [0, 0.1) is 35.5 Å². The summed E-state index contributed by atoms with van der Waals surface area (Å²) >= 11 is 0. The molecule has 3 aliphatic heterocycles. The van der Waals surface area contributed by atoms with E-state index < -0.39 is 77.8 Å². The summed E-state index contributed by atoms with van der Waals surface area (Å²) in [6.07, 6.45) is 13.8. The van der Waals surface area contributed by atoms with Crippen molar-refractivity contribution in [1.82, 2.24) is 24.8 Å². The van der Waals surface area contributed by atoms with E-state index in [0.29, 0.717) is 88.7 Å². The van der Waals surface area contributed by atoms with Gasteiger partial charge in [0.2, 0.25) is 5.79 Å². The van der Waals surface area contributed by atoms with E-state index in [1.807, 2.05) is 73.9 Å². The van der Waals surface area contributed by atoms with Crippen molar-refractivity contribution in [3.05, 3.63) is 59.5 Å². The van der Waals surface area contributed by atoms with Gasteiger partial charge in [-0.15, -0.1) is 5.10 Å². The number of ether oxygens (including phenoxy) is 5. The molecule has 19 heteroatoms.